The van der Waals surface area contributed by atoms with E-state index < -0.39 is 0 Å². The Balaban J connectivity index is 2.24. The largest absolute Gasteiger partial charge is 0.367 e. The minimum absolute atomic E-state index is 0.664. The predicted molar refractivity (Wildman–Crippen MR) is 75.7 cm³/mol. The van der Waals surface area contributed by atoms with Crippen LogP contribution in [0.1, 0.15) is 44.2 Å². The van der Waals surface area contributed by atoms with Crippen molar-refractivity contribution in [2.24, 2.45) is 5.92 Å². The van der Waals surface area contributed by atoms with Crippen LogP contribution in [0, 0.1) is 24.2 Å². The molecule has 2 heteroatoms. The summed E-state index contributed by atoms with van der Waals surface area (Å²) in [7, 11) is 0. The van der Waals surface area contributed by atoms with Gasteiger partial charge in [0.2, 0.25) is 0 Å². The number of nitriles is 1. The monoisotopic (exact) mass is 242 g/mol. The van der Waals surface area contributed by atoms with Crippen LogP contribution in [-0.2, 0) is 0 Å². The minimum atomic E-state index is 0.664. The Bertz CT molecular complexity index is 453. The van der Waals surface area contributed by atoms with E-state index in [9.17, 15) is 5.26 Å². The number of hydrogen-bond donors (Lipinski definition) is 0. The van der Waals surface area contributed by atoms with Gasteiger partial charge in [0.25, 0.3) is 0 Å². The molecule has 2 rings (SSSR count). The molecule has 0 amide bonds. The normalized spacial score (nSPS) is 14.6. The second-order valence-electron chi connectivity index (χ2n) is 5.74. The van der Waals surface area contributed by atoms with Gasteiger partial charge in [0.1, 0.15) is 6.07 Å². The highest BCUT2D eigenvalue weighted by Gasteiger charge is 2.30. The van der Waals surface area contributed by atoms with Crippen LogP contribution in [0.5, 0.6) is 0 Å². The van der Waals surface area contributed by atoms with Gasteiger partial charge in [-0.25, -0.2) is 0 Å². The van der Waals surface area contributed by atoms with Crippen molar-refractivity contribution < 1.29 is 0 Å². The molecule has 0 saturated heterocycles. The fourth-order valence-corrected chi connectivity index (χ4v) is 2.26. The third kappa shape index (κ3) is 3.04. The molecule has 0 heterocycles. The van der Waals surface area contributed by atoms with Crippen molar-refractivity contribution in [3.8, 4) is 6.07 Å². The van der Waals surface area contributed by atoms with Crippen LogP contribution in [0.3, 0.4) is 0 Å². The van der Waals surface area contributed by atoms with Gasteiger partial charge in [0.05, 0.1) is 11.3 Å². The number of nitrogens with zero attached hydrogens (tertiary/aromatic N) is 2. The Hall–Kier alpha value is -1.49. The first-order valence-electron chi connectivity index (χ1n) is 6.89. The Labute approximate surface area is 110 Å². The van der Waals surface area contributed by atoms with E-state index in [1.807, 2.05) is 12.1 Å². The summed E-state index contributed by atoms with van der Waals surface area (Å²) >= 11 is 0. The summed E-state index contributed by atoms with van der Waals surface area (Å²) < 4.78 is 0. The summed E-state index contributed by atoms with van der Waals surface area (Å²) in [5.41, 5.74) is 3.19. The summed E-state index contributed by atoms with van der Waals surface area (Å²) in [5.74, 6) is 0.710. The number of anilines is 1. The molecule has 1 aliphatic rings. The van der Waals surface area contributed by atoms with E-state index in [-0.39, 0.29) is 0 Å². The van der Waals surface area contributed by atoms with Crippen LogP contribution in [-0.4, -0.2) is 12.6 Å². The second kappa shape index (κ2) is 5.44. The van der Waals surface area contributed by atoms with Crippen molar-refractivity contribution >= 4 is 5.69 Å². The van der Waals surface area contributed by atoms with Gasteiger partial charge in [0.15, 0.2) is 0 Å². The highest BCUT2D eigenvalue weighted by atomic mass is 15.2. The van der Waals surface area contributed by atoms with Gasteiger partial charge in [-0.2, -0.15) is 5.26 Å². The maximum Gasteiger partial charge on any atom is 0.101 e. The maximum absolute atomic E-state index is 9.26. The molecule has 96 valence electrons. The lowest BCUT2D eigenvalue weighted by atomic mass is 10.1. The van der Waals surface area contributed by atoms with E-state index in [4.69, 9.17) is 0 Å². The van der Waals surface area contributed by atoms with Crippen LogP contribution in [0.2, 0.25) is 0 Å². The van der Waals surface area contributed by atoms with Crippen LogP contribution in [0.25, 0.3) is 0 Å². The predicted octanol–water partition coefficient (Wildman–Crippen LogP) is 3.88. The summed E-state index contributed by atoms with van der Waals surface area (Å²) in [4.78, 5) is 2.45. The third-order valence-electron chi connectivity index (χ3n) is 3.52. The van der Waals surface area contributed by atoms with Gasteiger partial charge in [-0.05, 0) is 49.8 Å². The molecule has 2 nitrogen and oxygen atoms in total. The first kappa shape index (κ1) is 13.0. The Morgan fingerprint density at radius 2 is 2.11 bits per heavy atom. The maximum atomic E-state index is 9.26. The van der Waals surface area contributed by atoms with Crippen LogP contribution < -0.4 is 4.90 Å². The molecule has 0 bridgehead atoms. The molecule has 1 aliphatic carbocycles. The van der Waals surface area contributed by atoms with Crippen LogP contribution in [0.15, 0.2) is 18.2 Å². The van der Waals surface area contributed by atoms with E-state index in [0.29, 0.717) is 12.0 Å². The van der Waals surface area contributed by atoms with Crippen molar-refractivity contribution in [2.45, 2.75) is 46.1 Å². The molecule has 18 heavy (non-hydrogen) atoms. The van der Waals surface area contributed by atoms with Gasteiger partial charge in [-0.1, -0.05) is 19.9 Å². The lowest BCUT2D eigenvalue weighted by Crippen LogP contribution is -2.28. The zero-order valence-corrected chi connectivity index (χ0v) is 11.6. The van der Waals surface area contributed by atoms with Crippen molar-refractivity contribution in [2.75, 3.05) is 11.4 Å². The first-order chi connectivity index (χ1) is 8.61. The molecule has 0 aliphatic heterocycles. The summed E-state index contributed by atoms with van der Waals surface area (Å²) in [6, 6.07) is 9.14. The van der Waals surface area contributed by atoms with Crippen LogP contribution >= 0.6 is 0 Å². The van der Waals surface area contributed by atoms with E-state index >= 15 is 0 Å². The molecule has 0 radical (unpaired) electrons. The Kier molecular flexibility index (Phi) is 3.91. The lowest BCUT2D eigenvalue weighted by molar-refractivity contribution is 0.570. The van der Waals surface area contributed by atoms with Crippen molar-refractivity contribution in [1.82, 2.24) is 0 Å². The molecule has 0 aromatic heterocycles. The minimum Gasteiger partial charge on any atom is -0.367 e. The van der Waals surface area contributed by atoms with Crippen molar-refractivity contribution in [3.05, 3.63) is 29.3 Å². The first-order valence-corrected chi connectivity index (χ1v) is 6.89. The molecule has 0 unspecified atom stereocenters. The van der Waals surface area contributed by atoms with Gasteiger partial charge < -0.3 is 4.90 Å². The highest BCUT2D eigenvalue weighted by Crippen LogP contribution is 2.34. The summed E-state index contributed by atoms with van der Waals surface area (Å²) in [6.07, 6.45) is 3.74. The van der Waals surface area contributed by atoms with Gasteiger partial charge >= 0.3 is 0 Å². The summed E-state index contributed by atoms with van der Waals surface area (Å²) in [6.45, 7) is 7.68. The Morgan fingerprint density at radius 1 is 1.39 bits per heavy atom. The van der Waals surface area contributed by atoms with Gasteiger partial charge in [0, 0.05) is 12.6 Å². The molecule has 1 aromatic rings. The standard InChI is InChI=1S/C16H22N2/c1-12(2)8-9-18(15-6-7-15)16-10-13(3)4-5-14(16)11-17/h4-5,10,12,15H,6-9H2,1-3H3. The summed E-state index contributed by atoms with van der Waals surface area (Å²) in [5, 5.41) is 9.26. The van der Waals surface area contributed by atoms with E-state index in [1.165, 1.54) is 24.8 Å². The SMILES string of the molecule is Cc1ccc(C#N)c(N(CCC(C)C)C2CC2)c1. The zero-order valence-electron chi connectivity index (χ0n) is 11.6. The Morgan fingerprint density at radius 3 is 2.67 bits per heavy atom. The molecule has 0 atom stereocenters. The van der Waals surface area contributed by atoms with Crippen molar-refractivity contribution in [1.29, 1.82) is 5.26 Å². The smallest absolute Gasteiger partial charge is 0.101 e. The topological polar surface area (TPSA) is 27.0 Å². The second-order valence-corrected chi connectivity index (χ2v) is 5.74. The van der Waals surface area contributed by atoms with Gasteiger partial charge in [-0.3, -0.25) is 0 Å². The fraction of sp³-hybridized carbons (Fsp3) is 0.562. The molecule has 0 N–H and O–H groups in total. The lowest BCUT2D eigenvalue weighted by Gasteiger charge is -2.27. The highest BCUT2D eigenvalue weighted by molar-refractivity contribution is 5.61. The number of hydrogen-bond acceptors (Lipinski definition) is 2. The fourth-order valence-electron chi connectivity index (χ4n) is 2.26. The molecular formula is C16H22N2. The average Bonchev–Trinajstić information content (AvgIpc) is 3.14. The molecule has 1 aromatic carbocycles. The third-order valence-corrected chi connectivity index (χ3v) is 3.52. The van der Waals surface area contributed by atoms with E-state index in [0.717, 1.165) is 17.8 Å². The van der Waals surface area contributed by atoms with Crippen molar-refractivity contribution in [3.63, 3.8) is 0 Å². The van der Waals surface area contributed by atoms with Gasteiger partial charge in [-0.15, -0.1) is 0 Å². The molecule has 1 fully saturated rings. The number of benzene rings is 1. The zero-order chi connectivity index (χ0) is 13.1. The average molecular weight is 242 g/mol. The number of aryl methyl sites for hydroxylation is 1. The molecule has 0 spiro atoms. The van der Waals surface area contributed by atoms with E-state index in [2.05, 4.69) is 37.8 Å². The number of rotatable bonds is 5. The van der Waals surface area contributed by atoms with Crippen LogP contribution in [0.4, 0.5) is 5.69 Å². The molecular weight excluding hydrogens is 220 g/mol. The quantitative estimate of drug-likeness (QED) is 0.783. The van der Waals surface area contributed by atoms with E-state index in [1.54, 1.807) is 0 Å². The molecule has 1 saturated carbocycles.